The average Bonchev–Trinajstić information content (AvgIpc) is 3.34. The highest BCUT2D eigenvalue weighted by molar-refractivity contribution is 7.99. The first-order valence-corrected chi connectivity index (χ1v) is 14.3. The molecule has 0 saturated heterocycles. The Morgan fingerprint density at radius 3 is 2.58 bits per heavy atom. The molecule has 8 nitrogen and oxygen atoms in total. The van der Waals surface area contributed by atoms with Crippen molar-refractivity contribution in [3.63, 3.8) is 0 Å². The highest BCUT2D eigenvalue weighted by Crippen LogP contribution is 2.40. The van der Waals surface area contributed by atoms with Gasteiger partial charge in [0.25, 0.3) is 5.91 Å². The third-order valence-corrected chi connectivity index (χ3v) is 7.17. The second-order valence-corrected chi connectivity index (χ2v) is 10.6. The van der Waals surface area contributed by atoms with E-state index in [0.29, 0.717) is 47.1 Å². The fraction of sp³-hybridized carbons (Fsp3) is 0.258. The van der Waals surface area contributed by atoms with Crippen molar-refractivity contribution in [2.24, 2.45) is 0 Å². The molecule has 0 spiro atoms. The van der Waals surface area contributed by atoms with E-state index in [0.717, 1.165) is 28.1 Å². The summed E-state index contributed by atoms with van der Waals surface area (Å²) in [4.78, 5) is 18.5. The molecule has 1 amide bonds. The van der Waals surface area contributed by atoms with Gasteiger partial charge in [-0.25, -0.2) is 4.68 Å². The number of ether oxygens (including phenoxy) is 2. The highest BCUT2D eigenvalue weighted by Gasteiger charge is 2.35. The summed E-state index contributed by atoms with van der Waals surface area (Å²) >= 11 is 1.55. The number of aryl methyl sites for hydroxylation is 1. The number of allylic oxidation sites excluding steroid dienone is 1. The summed E-state index contributed by atoms with van der Waals surface area (Å²) in [6.07, 6.45) is 0. The molecule has 9 heteroatoms. The Labute approximate surface area is 238 Å². The monoisotopic (exact) mass is 555 g/mol. The van der Waals surface area contributed by atoms with E-state index in [1.165, 1.54) is 0 Å². The molecule has 2 N–H and O–H groups in total. The van der Waals surface area contributed by atoms with Crippen molar-refractivity contribution in [1.29, 1.82) is 0 Å². The smallest absolute Gasteiger partial charge is 0.255 e. The highest BCUT2D eigenvalue weighted by atomic mass is 32.2. The van der Waals surface area contributed by atoms with Gasteiger partial charge in [0.2, 0.25) is 11.1 Å². The number of fused-ring (bicyclic) bond motifs is 1. The normalized spacial score (nSPS) is 14.3. The number of amides is 1. The zero-order chi connectivity index (χ0) is 28.1. The Balaban J connectivity index is 1.53. The van der Waals surface area contributed by atoms with E-state index in [1.54, 1.807) is 16.4 Å². The standard InChI is InChI=1S/C31H33N5O3S/c1-5-38-26-18-23(15-16-25(26)39-19-22-12-8-7-9-13-22)28-27(29(37)33-24-14-10-11-20(3)17-24)21(4)32-30-34-31(40-6-2)35-36(28)30/h7-18,28H,5-6,19H2,1-4H3,(H,33,37)(H,32,34,35). The molecular formula is C31H33N5O3S. The minimum absolute atomic E-state index is 0.214. The van der Waals surface area contributed by atoms with Gasteiger partial charge in [-0.3, -0.25) is 4.79 Å². The molecule has 4 aromatic rings. The number of aromatic nitrogens is 3. The fourth-order valence-electron chi connectivity index (χ4n) is 4.66. The van der Waals surface area contributed by atoms with E-state index in [-0.39, 0.29) is 5.91 Å². The first-order valence-electron chi connectivity index (χ1n) is 13.4. The van der Waals surface area contributed by atoms with Crippen LogP contribution in [0.4, 0.5) is 11.6 Å². The molecule has 2 heterocycles. The molecule has 1 aromatic heterocycles. The third-order valence-electron chi connectivity index (χ3n) is 6.45. The van der Waals surface area contributed by atoms with Crippen molar-refractivity contribution in [2.45, 2.75) is 45.5 Å². The molecule has 0 saturated carbocycles. The average molecular weight is 556 g/mol. The SMILES string of the molecule is CCOc1cc(C2C(C(=O)Nc3cccc(C)c3)=C(C)Nc3nc(SCC)nn32)ccc1OCc1ccccc1. The van der Waals surface area contributed by atoms with Crippen LogP contribution in [0.5, 0.6) is 11.5 Å². The maximum atomic E-state index is 13.8. The first kappa shape index (κ1) is 27.3. The summed E-state index contributed by atoms with van der Waals surface area (Å²) in [5.41, 5.74) is 4.96. The van der Waals surface area contributed by atoms with Gasteiger partial charge in [-0.05, 0) is 67.5 Å². The van der Waals surface area contributed by atoms with Crippen molar-refractivity contribution in [2.75, 3.05) is 23.0 Å². The fourth-order valence-corrected chi connectivity index (χ4v) is 5.22. The lowest BCUT2D eigenvalue weighted by Gasteiger charge is -2.29. The maximum absolute atomic E-state index is 13.8. The Morgan fingerprint density at radius 2 is 1.82 bits per heavy atom. The summed E-state index contributed by atoms with van der Waals surface area (Å²) in [6.45, 7) is 8.77. The quantitative estimate of drug-likeness (QED) is 0.213. The second kappa shape index (κ2) is 12.3. The molecule has 0 radical (unpaired) electrons. The largest absolute Gasteiger partial charge is 0.490 e. The van der Waals surface area contributed by atoms with Gasteiger partial charge in [0.05, 0.1) is 12.2 Å². The topological polar surface area (TPSA) is 90.3 Å². The van der Waals surface area contributed by atoms with Gasteiger partial charge < -0.3 is 20.1 Å². The summed E-state index contributed by atoms with van der Waals surface area (Å²) in [5.74, 6) is 2.45. The number of nitrogens with zero attached hydrogens (tertiary/aromatic N) is 3. The van der Waals surface area contributed by atoms with E-state index in [4.69, 9.17) is 14.6 Å². The van der Waals surface area contributed by atoms with Gasteiger partial charge >= 0.3 is 0 Å². The minimum atomic E-state index is -0.526. The van der Waals surface area contributed by atoms with Crippen LogP contribution < -0.4 is 20.1 Å². The Kier molecular flexibility index (Phi) is 8.40. The number of benzene rings is 3. The van der Waals surface area contributed by atoms with Crippen LogP contribution >= 0.6 is 11.8 Å². The zero-order valence-corrected chi connectivity index (χ0v) is 23.9. The van der Waals surface area contributed by atoms with Crippen molar-refractivity contribution in [3.05, 3.63) is 101 Å². The molecule has 1 aliphatic heterocycles. The van der Waals surface area contributed by atoms with E-state index < -0.39 is 6.04 Å². The molecule has 3 aromatic carbocycles. The van der Waals surface area contributed by atoms with Gasteiger partial charge in [-0.2, -0.15) is 4.98 Å². The number of nitrogens with one attached hydrogen (secondary N) is 2. The van der Waals surface area contributed by atoms with Gasteiger partial charge in [-0.1, -0.05) is 67.2 Å². The van der Waals surface area contributed by atoms with Crippen LogP contribution in [0, 0.1) is 6.92 Å². The number of hydrogen-bond donors (Lipinski definition) is 2. The van der Waals surface area contributed by atoms with Gasteiger partial charge in [0.15, 0.2) is 11.5 Å². The van der Waals surface area contributed by atoms with Crippen LogP contribution in [-0.4, -0.2) is 33.0 Å². The van der Waals surface area contributed by atoms with Crippen LogP contribution in [-0.2, 0) is 11.4 Å². The molecule has 1 unspecified atom stereocenters. The predicted molar refractivity (Wildman–Crippen MR) is 159 cm³/mol. The summed E-state index contributed by atoms with van der Waals surface area (Å²) in [5, 5.41) is 11.8. The zero-order valence-electron chi connectivity index (χ0n) is 23.1. The number of anilines is 2. The molecular weight excluding hydrogens is 522 g/mol. The van der Waals surface area contributed by atoms with E-state index >= 15 is 0 Å². The molecule has 1 atom stereocenters. The van der Waals surface area contributed by atoms with Crippen molar-refractivity contribution >= 4 is 29.3 Å². The minimum Gasteiger partial charge on any atom is -0.490 e. The van der Waals surface area contributed by atoms with E-state index in [9.17, 15) is 4.79 Å². The third kappa shape index (κ3) is 5.99. The molecule has 1 aliphatic rings. The van der Waals surface area contributed by atoms with Crippen molar-refractivity contribution in [1.82, 2.24) is 14.8 Å². The molecule has 0 bridgehead atoms. The van der Waals surface area contributed by atoms with Crippen LogP contribution in [0.2, 0.25) is 0 Å². The number of carbonyl (C=O) groups is 1. The number of hydrogen-bond acceptors (Lipinski definition) is 7. The van der Waals surface area contributed by atoms with E-state index in [2.05, 4.69) is 22.5 Å². The maximum Gasteiger partial charge on any atom is 0.255 e. The lowest BCUT2D eigenvalue weighted by molar-refractivity contribution is -0.113. The van der Waals surface area contributed by atoms with Crippen LogP contribution in [0.15, 0.2) is 89.2 Å². The molecule has 5 rings (SSSR count). The molecule has 0 aliphatic carbocycles. The van der Waals surface area contributed by atoms with Crippen LogP contribution in [0.3, 0.4) is 0 Å². The lowest BCUT2D eigenvalue weighted by Crippen LogP contribution is -2.31. The van der Waals surface area contributed by atoms with Gasteiger partial charge in [0.1, 0.15) is 12.6 Å². The van der Waals surface area contributed by atoms with Crippen LogP contribution in [0.1, 0.15) is 43.5 Å². The summed E-state index contributed by atoms with van der Waals surface area (Å²) < 4.78 is 13.9. The Hall–Kier alpha value is -4.24. The number of thioether (sulfide) groups is 1. The van der Waals surface area contributed by atoms with Gasteiger partial charge in [0, 0.05) is 11.4 Å². The molecule has 40 heavy (non-hydrogen) atoms. The van der Waals surface area contributed by atoms with Crippen molar-refractivity contribution in [3.8, 4) is 11.5 Å². The first-order chi connectivity index (χ1) is 19.5. The second-order valence-electron chi connectivity index (χ2n) is 9.40. The predicted octanol–water partition coefficient (Wildman–Crippen LogP) is 6.60. The Bertz CT molecular complexity index is 1530. The molecule has 206 valence electrons. The van der Waals surface area contributed by atoms with Crippen LogP contribution in [0.25, 0.3) is 0 Å². The van der Waals surface area contributed by atoms with Crippen molar-refractivity contribution < 1.29 is 14.3 Å². The molecule has 0 fully saturated rings. The van der Waals surface area contributed by atoms with E-state index in [1.807, 2.05) is 93.6 Å². The van der Waals surface area contributed by atoms with Gasteiger partial charge in [-0.15, -0.1) is 5.10 Å². The Morgan fingerprint density at radius 1 is 1.00 bits per heavy atom. The summed E-state index contributed by atoms with van der Waals surface area (Å²) in [6, 6.07) is 23.0. The number of carbonyl (C=O) groups excluding carboxylic acids is 1. The summed E-state index contributed by atoms with van der Waals surface area (Å²) in [7, 11) is 0. The number of rotatable bonds is 10. The lowest BCUT2D eigenvalue weighted by atomic mass is 9.94.